The van der Waals surface area contributed by atoms with Crippen LogP contribution in [0.15, 0.2) is 0 Å². The van der Waals surface area contributed by atoms with E-state index >= 15 is 0 Å². The molecule has 0 fully saturated rings. The Kier molecular flexibility index (Phi) is 14.9. The summed E-state index contributed by atoms with van der Waals surface area (Å²) in [6.07, 6.45) is -8.16. The molecule has 0 aliphatic carbocycles. The largest absolute Gasteiger partial charge is 0.478 e. The number of carbonyl (C=O) groups is 6. The summed E-state index contributed by atoms with van der Waals surface area (Å²) in [5, 5.41) is 19.4. The second-order valence-electron chi connectivity index (χ2n) is 7.41. The van der Waals surface area contributed by atoms with E-state index in [0.29, 0.717) is 25.7 Å². The Labute approximate surface area is 197 Å². The fraction of sp³-hybridized carbons (Fsp3) is 0.727. The Bertz CT molecular complexity index is 657. The van der Waals surface area contributed by atoms with Crippen LogP contribution in [0.3, 0.4) is 0 Å². The van der Waals surface area contributed by atoms with Crippen molar-refractivity contribution in [3.8, 4) is 0 Å². The van der Waals surface area contributed by atoms with Crippen LogP contribution in [-0.2, 0) is 47.7 Å². The summed E-state index contributed by atoms with van der Waals surface area (Å²) in [6, 6.07) is 0. The minimum atomic E-state index is -2.23. The second kappa shape index (κ2) is 16.4. The number of ether oxygens (including phenoxy) is 4. The topological polar surface area (TPSA) is 180 Å². The van der Waals surface area contributed by atoms with E-state index in [0.717, 1.165) is 0 Å². The summed E-state index contributed by atoms with van der Waals surface area (Å²) in [5.41, 5.74) is 0. The maximum atomic E-state index is 12.3. The first-order chi connectivity index (χ1) is 16.0. The predicted molar refractivity (Wildman–Crippen MR) is 114 cm³/mol. The first-order valence-corrected chi connectivity index (χ1v) is 11.3. The molecule has 4 unspecified atom stereocenters. The highest BCUT2D eigenvalue weighted by molar-refractivity contribution is 5.82. The van der Waals surface area contributed by atoms with E-state index in [1.54, 1.807) is 27.7 Å². The van der Waals surface area contributed by atoms with Crippen LogP contribution >= 0.6 is 0 Å². The second-order valence-corrected chi connectivity index (χ2v) is 7.41. The van der Waals surface area contributed by atoms with Crippen LogP contribution in [0.5, 0.6) is 0 Å². The molecule has 0 heterocycles. The first kappa shape index (κ1) is 30.8. The van der Waals surface area contributed by atoms with Gasteiger partial charge in [-0.3, -0.25) is 19.2 Å². The zero-order valence-corrected chi connectivity index (χ0v) is 19.9. The molecule has 12 nitrogen and oxygen atoms in total. The number of rotatable bonds is 17. The van der Waals surface area contributed by atoms with Gasteiger partial charge in [-0.25, -0.2) is 9.59 Å². The van der Waals surface area contributed by atoms with Gasteiger partial charge >= 0.3 is 35.8 Å². The average molecular weight is 491 g/mol. The lowest BCUT2D eigenvalue weighted by Crippen LogP contribution is -2.56. The van der Waals surface area contributed by atoms with Crippen molar-refractivity contribution in [1.29, 1.82) is 0 Å². The average Bonchev–Trinajstić information content (AvgIpc) is 2.73. The molecule has 34 heavy (non-hydrogen) atoms. The van der Waals surface area contributed by atoms with Crippen LogP contribution in [0.4, 0.5) is 0 Å². The third-order valence-electron chi connectivity index (χ3n) is 4.28. The van der Waals surface area contributed by atoms with Crippen LogP contribution in [0.1, 0.15) is 79.1 Å². The number of carboxylic acid groups (broad SMARTS) is 2. The van der Waals surface area contributed by atoms with E-state index in [4.69, 9.17) is 18.9 Å². The number of esters is 4. The molecule has 0 aromatic heterocycles. The lowest BCUT2D eigenvalue weighted by molar-refractivity contribution is -0.209. The Morgan fingerprint density at radius 2 is 0.735 bits per heavy atom. The van der Waals surface area contributed by atoms with E-state index < -0.39 is 60.2 Å². The molecule has 0 radical (unpaired) electrons. The van der Waals surface area contributed by atoms with Gasteiger partial charge in [0.05, 0.1) is 0 Å². The van der Waals surface area contributed by atoms with Gasteiger partial charge in [0.25, 0.3) is 0 Å². The summed E-state index contributed by atoms with van der Waals surface area (Å²) >= 11 is 0. The van der Waals surface area contributed by atoms with Crippen LogP contribution in [-0.4, -0.2) is 70.4 Å². The molecule has 194 valence electrons. The zero-order chi connectivity index (χ0) is 26.3. The molecule has 0 spiro atoms. The summed E-state index contributed by atoms with van der Waals surface area (Å²) in [6.45, 7) is 6.55. The SMILES string of the molecule is CCCC(=O)OC(C(=O)O)C(OC(=O)CCC)C(OC(=O)CCC)C(OC(=O)CCC)C(=O)O. The molecular formula is C22H34O12. The quantitative estimate of drug-likeness (QED) is 0.224. The van der Waals surface area contributed by atoms with Gasteiger partial charge in [0.1, 0.15) is 0 Å². The lowest BCUT2D eigenvalue weighted by atomic mass is 10.0. The van der Waals surface area contributed by atoms with E-state index in [2.05, 4.69) is 0 Å². The zero-order valence-electron chi connectivity index (χ0n) is 19.9. The lowest BCUT2D eigenvalue weighted by Gasteiger charge is -2.33. The smallest absolute Gasteiger partial charge is 0.349 e. The molecule has 0 saturated carbocycles. The van der Waals surface area contributed by atoms with Crippen molar-refractivity contribution in [3.05, 3.63) is 0 Å². The molecule has 0 aromatic carbocycles. The third-order valence-corrected chi connectivity index (χ3v) is 4.28. The van der Waals surface area contributed by atoms with Crippen LogP contribution < -0.4 is 0 Å². The van der Waals surface area contributed by atoms with Crippen molar-refractivity contribution in [3.63, 3.8) is 0 Å². The molecule has 0 aliphatic heterocycles. The first-order valence-electron chi connectivity index (χ1n) is 11.3. The standard InChI is InChI=1S/C22H34O12/c1-5-9-13(23)31-17(19(21(27)28)33-15(25)11-7-3)18(32-14(24)10-6-2)20(22(29)30)34-16(26)12-8-4/h17-20H,5-12H2,1-4H3,(H,27,28)(H,29,30). The fourth-order valence-electron chi connectivity index (χ4n) is 2.76. The Hall–Kier alpha value is -3.18. The minimum absolute atomic E-state index is 0.173. The van der Waals surface area contributed by atoms with Gasteiger partial charge in [0, 0.05) is 25.7 Å². The van der Waals surface area contributed by atoms with Gasteiger partial charge in [-0.1, -0.05) is 27.7 Å². The summed E-state index contributed by atoms with van der Waals surface area (Å²) in [4.78, 5) is 72.6. The Morgan fingerprint density at radius 3 is 0.941 bits per heavy atom. The Morgan fingerprint density at radius 1 is 0.500 bits per heavy atom. The molecule has 0 rings (SSSR count). The summed E-state index contributed by atoms with van der Waals surface area (Å²) in [5.74, 6) is -7.38. The number of hydrogen-bond acceptors (Lipinski definition) is 10. The van der Waals surface area contributed by atoms with Crippen molar-refractivity contribution >= 4 is 35.8 Å². The number of hydrogen-bond donors (Lipinski definition) is 2. The molecule has 4 atom stereocenters. The summed E-state index contributed by atoms with van der Waals surface area (Å²) < 4.78 is 20.3. The van der Waals surface area contributed by atoms with Crippen LogP contribution in [0, 0.1) is 0 Å². The fourth-order valence-corrected chi connectivity index (χ4v) is 2.76. The number of aliphatic carboxylic acids is 2. The summed E-state index contributed by atoms with van der Waals surface area (Å²) in [7, 11) is 0. The molecule has 0 saturated heterocycles. The third kappa shape index (κ3) is 11.1. The monoisotopic (exact) mass is 490 g/mol. The van der Waals surface area contributed by atoms with Gasteiger partial charge in [0.15, 0.2) is 12.2 Å². The number of carboxylic acids is 2. The highest BCUT2D eigenvalue weighted by Gasteiger charge is 2.49. The molecule has 12 heteroatoms. The van der Waals surface area contributed by atoms with E-state index in [9.17, 15) is 39.0 Å². The molecule has 2 N–H and O–H groups in total. The van der Waals surface area contributed by atoms with Crippen LogP contribution in [0.2, 0.25) is 0 Å². The minimum Gasteiger partial charge on any atom is -0.478 e. The van der Waals surface area contributed by atoms with E-state index in [1.165, 1.54) is 0 Å². The molecule has 0 aromatic rings. The van der Waals surface area contributed by atoms with Gasteiger partial charge in [0.2, 0.25) is 12.2 Å². The van der Waals surface area contributed by atoms with Crippen molar-refractivity contribution in [2.45, 2.75) is 103 Å². The van der Waals surface area contributed by atoms with Crippen LogP contribution in [0.25, 0.3) is 0 Å². The normalized spacial score (nSPS) is 14.1. The predicted octanol–water partition coefficient (Wildman–Crippen LogP) is 2.00. The van der Waals surface area contributed by atoms with Gasteiger partial charge < -0.3 is 29.2 Å². The van der Waals surface area contributed by atoms with Crippen molar-refractivity contribution in [2.24, 2.45) is 0 Å². The van der Waals surface area contributed by atoms with Crippen molar-refractivity contribution < 1.29 is 57.9 Å². The van der Waals surface area contributed by atoms with E-state index in [-0.39, 0.29) is 25.7 Å². The highest BCUT2D eigenvalue weighted by atomic mass is 16.6. The van der Waals surface area contributed by atoms with Crippen molar-refractivity contribution in [2.75, 3.05) is 0 Å². The molecule has 0 amide bonds. The van der Waals surface area contributed by atoms with Gasteiger partial charge in [-0.2, -0.15) is 0 Å². The molecule has 0 bridgehead atoms. The molecule has 0 aliphatic rings. The molecular weight excluding hydrogens is 456 g/mol. The Balaban J connectivity index is 6.54. The van der Waals surface area contributed by atoms with E-state index in [1.807, 2.05) is 0 Å². The maximum Gasteiger partial charge on any atom is 0.349 e. The van der Waals surface area contributed by atoms with Crippen molar-refractivity contribution in [1.82, 2.24) is 0 Å². The van der Waals surface area contributed by atoms with Gasteiger partial charge in [-0.05, 0) is 25.7 Å². The number of carbonyl (C=O) groups excluding carboxylic acids is 4. The maximum absolute atomic E-state index is 12.3. The highest BCUT2D eigenvalue weighted by Crippen LogP contribution is 2.22. The van der Waals surface area contributed by atoms with Gasteiger partial charge in [-0.15, -0.1) is 0 Å².